The molecule has 0 rings (SSSR count). The Morgan fingerprint density at radius 1 is 1.31 bits per heavy atom. The Bertz CT molecular complexity index is 234. The van der Waals surface area contributed by atoms with E-state index in [0.717, 1.165) is 0 Å². The summed E-state index contributed by atoms with van der Waals surface area (Å²) in [7, 11) is 0. The van der Waals surface area contributed by atoms with Crippen molar-refractivity contribution in [2.45, 2.75) is 24.4 Å². The van der Waals surface area contributed by atoms with E-state index in [1.165, 1.54) is 0 Å². The van der Waals surface area contributed by atoms with Crippen molar-refractivity contribution >= 4 is 12.3 Å². The van der Waals surface area contributed by atoms with Gasteiger partial charge >= 0.3 is 5.97 Å². The molecule has 0 fully saturated rings. The fourth-order valence-electron chi connectivity index (χ4n) is 0.801. The van der Waals surface area contributed by atoms with E-state index >= 15 is 0 Å². The molecule has 0 aromatic heterocycles. The average Bonchev–Trinajstić information content (AvgIpc) is 2.32. The number of carbonyl (C=O) groups excluding carboxylic acids is 2. The lowest BCUT2D eigenvalue weighted by atomic mass is 10.1. The van der Waals surface area contributed by atoms with E-state index in [4.69, 9.17) is 21.1 Å². The maximum absolute atomic E-state index is 11.0. The maximum atomic E-state index is 11.0. The summed E-state index contributed by atoms with van der Waals surface area (Å²) in [4.78, 5) is 21.5. The molecular formula is C8H15NO7. The molecule has 4 atom stereocenters. The van der Waals surface area contributed by atoms with Gasteiger partial charge in [0.25, 0.3) is 0 Å². The summed E-state index contributed by atoms with van der Waals surface area (Å²) < 4.78 is 4.42. The third-order valence-corrected chi connectivity index (χ3v) is 1.80. The van der Waals surface area contributed by atoms with Crippen LogP contribution in [0.1, 0.15) is 0 Å². The van der Waals surface area contributed by atoms with Crippen LogP contribution in [0.15, 0.2) is 0 Å². The Labute approximate surface area is 91.2 Å². The third-order valence-electron chi connectivity index (χ3n) is 1.80. The number of esters is 1. The quantitative estimate of drug-likeness (QED) is 0.223. The molecule has 8 heteroatoms. The van der Waals surface area contributed by atoms with Gasteiger partial charge in [0, 0.05) is 0 Å². The van der Waals surface area contributed by atoms with Crippen molar-refractivity contribution in [2.75, 3.05) is 13.2 Å². The van der Waals surface area contributed by atoms with Crippen molar-refractivity contribution in [3.8, 4) is 0 Å². The SMILES string of the molecule is N[C@@H](CO)C(=O)O[C@@H](C=O)[C@H](O)[C@H](O)CO. The van der Waals surface area contributed by atoms with Crippen LogP contribution >= 0.6 is 0 Å². The van der Waals surface area contributed by atoms with Gasteiger partial charge in [0.15, 0.2) is 12.4 Å². The molecule has 16 heavy (non-hydrogen) atoms. The summed E-state index contributed by atoms with van der Waals surface area (Å²) in [5.41, 5.74) is 5.09. The van der Waals surface area contributed by atoms with E-state index in [1.54, 1.807) is 0 Å². The van der Waals surface area contributed by atoms with E-state index in [9.17, 15) is 14.7 Å². The van der Waals surface area contributed by atoms with E-state index in [2.05, 4.69) is 4.74 Å². The number of carbonyl (C=O) groups is 2. The van der Waals surface area contributed by atoms with Crippen molar-refractivity contribution in [1.29, 1.82) is 0 Å². The van der Waals surface area contributed by atoms with Crippen LogP contribution in [-0.4, -0.2) is 70.2 Å². The van der Waals surface area contributed by atoms with Gasteiger partial charge in [-0.2, -0.15) is 0 Å². The Hall–Kier alpha value is -1.06. The van der Waals surface area contributed by atoms with Crippen molar-refractivity contribution in [3.63, 3.8) is 0 Å². The van der Waals surface area contributed by atoms with E-state index < -0.39 is 43.5 Å². The predicted octanol–water partition coefficient (Wildman–Crippen LogP) is -3.87. The number of hydrogen-bond acceptors (Lipinski definition) is 8. The van der Waals surface area contributed by atoms with Crippen LogP contribution in [0.3, 0.4) is 0 Å². The van der Waals surface area contributed by atoms with E-state index in [-0.39, 0.29) is 6.29 Å². The fourth-order valence-corrected chi connectivity index (χ4v) is 0.801. The van der Waals surface area contributed by atoms with Gasteiger partial charge in [-0.25, -0.2) is 0 Å². The van der Waals surface area contributed by atoms with Crippen molar-refractivity contribution in [2.24, 2.45) is 5.73 Å². The van der Waals surface area contributed by atoms with Crippen LogP contribution < -0.4 is 5.73 Å². The average molecular weight is 237 g/mol. The van der Waals surface area contributed by atoms with Crippen molar-refractivity contribution in [3.05, 3.63) is 0 Å². The normalized spacial score (nSPS) is 18.3. The number of aliphatic hydroxyl groups excluding tert-OH is 4. The molecule has 0 aliphatic heterocycles. The van der Waals surface area contributed by atoms with Gasteiger partial charge < -0.3 is 30.9 Å². The highest BCUT2D eigenvalue weighted by atomic mass is 16.6. The highest BCUT2D eigenvalue weighted by Gasteiger charge is 2.30. The Morgan fingerprint density at radius 3 is 2.25 bits per heavy atom. The largest absolute Gasteiger partial charge is 0.451 e. The zero-order chi connectivity index (χ0) is 12.7. The number of aldehydes is 1. The van der Waals surface area contributed by atoms with Gasteiger partial charge in [-0.1, -0.05) is 0 Å². The molecule has 6 N–H and O–H groups in total. The van der Waals surface area contributed by atoms with E-state index in [1.807, 2.05) is 0 Å². The Kier molecular flexibility index (Phi) is 6.77. The zero-order valence-corrected chi connectivity index (χ0v) is 8.39. The standard InChI is InChI=1S/C8H15NO7/c9-4(1-10)8(15)16-6(3-12)7(14)5(13)2-11/h3-7,10-11,13-14H,1-2,9H2/t4-,5+,6-,7+/m0/s1. The number of ether oxygens (including phenoxy) is 1. The summed E-state index contributed by atoms with van der Waals surface area (Å²) in [5, 5.41) is 35.3. The molecule has 0 aliphatic carbocycles. The van der Waals surface area contributed by atoms with Crippen molar-refractivity contribution < 1.29 is 34.8 Å². The molecule has 0 heterocycles. The van der Waals surface area contributed by atoms with Crippen LogP contribution in [0.5, 0.6) is 0 Å². The lowest BCUT2D eigenvalue weighted by Crippen LogP contribution is -2.46. The number of rotatable bonds is 7. The molecule has 0 saturated carbocycles. The van der Waals surface area contributed by atoms with Crippen LogP contribution in [0, 0.1) is 0 Å². The van der Waals surface area contributed by atoms with Crippen LogP contribution in [0.25, 0.3) is 0 Å². The lowest BCUT2D eigenvalue weighted by molar-refractivity contribution is -0.165. The predicted molar refractivity (Wildman–Crippen MR) is 50.1 cm³/mol. The first-order valence-electron chi connectivity index (χ1n) is 4.47. The third kappa shape index (κ3) is 4.21. The minimum Gasteiger partial charge on any atom is -0.451 e. The lowest BCUT2D eigenvalue weighted by Gasteiger charge is -2.22. The topological polar surface area (TPSA) is 150 Å². The first-order chi connectivity index (χ1) is 7.47. The van der Waals surface area contributed by atoms with Gasteiger partial charge in [0.05, 0.1) is 13.2 Å². The van der Waals surface area contributed by atoms with Crippen LogP contribution in [0.4, 0.5) is 0 Å². The first kappa shape index (κ1) is 14.9. The van der Waals surface area contributed by atoms with Gasteiger partial charge in [-0.05, 0) is 0 Å². The minimum atomic E-state index is -1.75. The molecule has 0 aromatic carbocycles. The molecule has 0 spiro atoms. The molecule has 0 radical (unpaired) electrons. The Balaban J connectivity index is 4.40. The molecule has 0 amide bonds. The monoisotopic (exact) mass is 237 g/mol. The second-order valence-corrected chi connectivity index (χ2v) is 3.07. The minimum absolute atomic E-state index is 0.0888. The second kappa shape index (κ2) is 7.25. The van der Waals surface area contributed by atoms with Crippen LogP contribution in [-0.2, 0) is 14.3 Å². The summed E-state index contributed by atoms with van der Waals surface area (Å²) >= 11 is 0. The smallest absolute Gasteiger partial charge is 0.326 e. The van der Waals surface area contributed by atoms with Gasteiger partial charge in [0.1, 0.15) is 18.2 Å². The summed E-state index contributed by atoms with van der Waals surface area (Å²) in [5.74, 6) is -1.09. The summed E-state index contributed by atoms with van der Waals surface area (Å²) in [6.45, 7) is -1.47. The van der Waals surface area contributed by atoms with E-state index in [0.29, 0.717) is 0 Å². The van der Waals surface area contributed by atoms with Crippen LogP contribution in [0.2, 0.25) is 0 Å². The second-order valence-electron chi connectivity index (χ2n) is 3.07. The molecule has 0 unspecified atom stereocenters. The van der Waals surface area contributed by atoms with Gasteiger partial charge in [-0.3, -0.25) is 9.59 Å². The highest BCUT2D eigenvalue weighted by molar-refractivity contribution is 5.77. The molecule has 0 saturated heterocycles. The number of nitrogens with two attached hydrogens (primary N) is 1. The number of aliphatic hydroxyl groups is 4. The highest BCUT2D eigenvalue weighted by Crippen LogP contribution is 2.03. The maximum Gasteiger partial charge on any atom is 0.326 e. The van der Waals surface area contributed by atoms with Crippen molar-refractivity contribution in [1.82, 2.24) is 0 Å². The molecule has 8 nitrogen and oxygen atoms in total. The molecule has 94 valence electrons. The summed E-state index contributed by atoms with van der Waals surface area (Å²) in [6, 6.07) is -1.33. The Morgan fingerprint density at radius 2 is 1.88 bits per heavy atom. The van der Waals surface area contributed by atoms with Gasteiger partial charge in [0.2, 0.25) is 0 Å². The molecular weight excluding hydrogens is 222 g/mol. The molecule has 0 bridgehead atoms. The fraction of sp³-hybridized carbons (Fsp3) is 0.750. The zero-order valence-electron chi connectivity index (χ0n) is 8.39. The van der Waals surface area contributed by atoms with Gasteiger partial charge in [-0.15, -0.1) is 0 Å². The first-order valence-corrected chi connectivity index (χ1v) is 4.47. The molecule has 0 aromatic rings. The number of hydrogen-bond donors (Lipinski definition) is 5. The molecule has 0 aliphatic rings. The summed E-state index contributed by atoms with van der Waals surface area (Å²) in [6.07, 6.45) is -4.93.